The van der Waals surface area contributed by atoms with E-state index in [9.17, 15) is 0 Å². The molecule has 4 bridgehead atoms. The van der Waals surface area contributed by atoms with Gasteiger partial charge in [-0.25, -0.2) is 19.6 Å². The maximum atomic E-state index is 7.14. The van der Waals surface area contributed by atoms with Crippen LogP contribution < -0.4 is 5.43 Å². The third-order valence-electron chi connectivity index (χ3n) is 14.3. The number of fused-ring (bicyclic) bond motifs is 4. The van der Waals surface area contributed by atoms with Crippen molar-refractivity contribution in [2.24, 2.45) is 52.4 Å². The van der Waals surface area contributed by atoms with Crippen molar-refractivity contribution >= 4 is 11.4 Å². The summed E-state index contributed by atoms with van der Waals surface area (Å²) in [5.74, 6) is 0.769. The van der Waals surface area contributed by atoms with Crippen LogP contribution in [0, 0.1) is 47.3 Å². The molecule has 16 atom stereocenters. The summed E-state index contributed by atoms with van der Waals surface area (Å²) >= 11 is 0. The first kappa shape index (κ1) is 32.3. The van der Waals surface area contributed by atoms with Gasteiger partial charge in [-0.15, -0.1) is 0 Å². The number of hydrazone groups is 1. The first-order valence-electron chi connectivity index (χ1n) is 18.8. The topological polar surface area (TPSA) is 98.2 Å². The van der Waals surface area contributed by atoms with E-state index >= 15 is 0 Å². The lowest BCUT2D eigenvalue weighted by atomic mass is 9.56. The second-order valence-corrected chi connectivity index (χ2v) is 17.1. The number of hydrogen-bond donors (Lipinski definition) is 1. The minimum atomic E-state index is -0.833. The second kappa shape index (κ2) is 11.4. The highest BCUT2D eigenvalue weighted by Gasteiger charge is 2.71. The number of para-hydroxylation sites is 1. The summed E-state index contributed by atoms with van der Waals surface area (Å²) in [7, 11) is 0. The first-order chi connectivity index (χ1) is 23.1. The van der Waals surface area contributed by atoms with Gasteiger partial charge in [0, 0.05) is 31.1 Å². The standard InChI is InChI=1S/C38H54N2O8/c1-21-12-14-28-23(3)31(41-33-37(28)26(21)16-18-35(5,43-33)45-47-37)20-30(40-39-25-10-8-7-9-11-25)32-24(4)29-15-13-22(2)27-17-19-36(6)44-34(42-32)38(27,29)48-46-36/h7-11,21-24,26-29,31-34,39H,12-20H2,1-6H3/b40-30-/t21-,22-,23-,24-,26+,27+,28+,29+,31-,32+,33-,34-,35+,36+,37-,38-/m1/s1. The third-order valence-corrected chi connectivity index (χ3v) is 14.3. The number of anilines is 1. The number of nitrogens with zero attached hydrogens (tertiary/aromatic N) is 1. The predicted octanol–water partition coefficient (Wildman–Crippen LogP) is 7.35. The monoisotopic (exact) mass is 666 g/mol. The highest BCUT2D eigenvalue weighted by atomic mass is 17.3. The normalized spacial score (nSPS) is 54.1. The van der Waals surface area contributed by atoms with E-state index in [-0.39, 0.29) is 35.9 Å². The van der Waals surface area contributed by atoms with Crippen molar-refractivity contribution < 1.29 is 38.5 Å². The highest BCUT2D eigenvalue weighted by molar-refractivity contribution is 5.90. The van der Waals surface area contributed by atoms with Gasteiger partial charge in [0.1, 0.15) is 6.10 Å². The average Bonchev–Trinajstić information content (AvgIpc) is 3.45. The van der Waals surface area contributed by atoms with E-state index in [2.05, 4.69) is 33.1 Å². The number of ether oxygens (including phenoxy) is 4. The Balaban J connectivity index is 1.07. The molecule has 8 saturated heterocycles. The van der Waals surface area contributed by atoms with Crippen LogP contribution in [0.15, 0.2) is 35.4 Å². The zero-order valence-electron chi connectivity index (χ0n) is 29.4. The maximum Gasteiger partial charge on any atom is 0.201 e. The minimum Gasteiger partial charge on any atom is -0.345 e. The second-order valence-electron chi connectivity index (χ2n) is 17.1. The van der Waals surface area contributed by atoms with E-state index in [1.54, 1.807) is 0 Å². The summed E-state index contributed by atoms with van der Waals surface area (Å²) < 4.78 is 27.7. The number of hydrogen-bond acceptors (Lipinski definition) is 10. The Bertz CT molecular complexity index is 1410. The van der Waals surface area contributed by atoms with Gasteiger partial charge in [0.25, 0.3) is 0 Å². The molecule has 1 N–H and O–H groups in total. The van der Waals surface area contributed by atoms with Crippen molar-refractivity contribution in [1.82, 2.24) is 0 Å². The molecular weight excluding hydrogens is 612 g/mol. The van der Waals surface area contributed by atoms with Crippen LogP contribution in [0.4, 0.5) is 5.69 Å². The summed E-state index contributed by atoms with van der Waals surface area (Å²) in [6.45, 7) is 13.3. The summed E-state index contributed by atoms with van der Waals surface area (Å²) in [6.07, 6.45) is 7.14. The molecular formula is C38H54N2O8. The quantitative estimate of drug-likeness (QED) is 0.197. The molecule has 10 heteroatoms. The van der Waals surface area contributed by atoms with Crippen molar-refractivity contribution in [3.63, 3.8) is 0 Å². The molecule has 0 unspecified atom stereocenters. The van der Waals surface area contributed by atoms with E-state index in [1.165, 1.54) is 6.42 Å². The van der Waals surface area contributed by atoms with Crippen molar-refractivity contribution in [1.29, 1.82) is 0 Å². The number of benzene rings is 1. The highest BCUT2D eigenvalue weighted by Crippen LogP contribution is 2.63. The minimum absolute atomic E-state index is 0.119. The first-order valence-corrected chi connectivity index (χ1v) is 18.8. The van der Waals surface area contributed by atoms with Gasteiger partial charge in [0.15, 0.2) is 23.8 Å². The van der Waals surface area contributed by atoms with Crippen molar-refractivity contribution in [2.45, 2.75) is 147 Å². The van der Waals surface area contributed by atoms with Crippen LogP contribution in [-0.4, -0.2) is 53.3 Å². The molecule has 11 rings (SSSR count). The third kappa shape index (κ3) is 4.69. The van der Waals surface area contributed by atoms with E-state index in [0.29, 0.717) is 30.1 Å². The Hall–Kier alpha value is -1.63. The van der Waals surface area contributed by atoms with Crippen LogP contribution in [0.25, 0.3) is 0 Å². The Morgan fingerprint density at radius 2 is 1.25 bits per heavy atom. The fraction of sp³-hybridized carbons (Fsp3) is 0.816. The Morgan fingerprint density at radius 1 is 0.688 bits per heavy atom. The molecule has 0 radical (unpaired) electrons. The van der Waals surface area contributed by atoms with Gasteiger partial charge in [0.2, 0.25) is 11.6 Å². The lowest BCUT2D eigenvalue weighted by Crippen LogP contribution is -2.71. The fourth-order valence-corrected chi connectivity index (χ4v) is 11.6. The molecule has 0 amide bonds. The molecule has 1 aromatic rings. The van der Waals surface area contributed by atoms with Gasteiger partial charge in [-0.1, -0.05) is 45.9 Å². The summed E-state index contributed by atoms with van der Waals surface area (Å²) in [5.41, 5.74) is 4.02. The SMILES string of the molecule is C[C@H]1[C@@H](/C(C[C@H]2O[C@@H]3O[C@]4(C)CC[C@H]5[C@H](C)CC[C@@H]([C@H]2C)[C@@]35OO4)=N\Nc2ccccc2)O[C@@H]2O[C@]3(C)CC[C@H]4[C@H](C)CC[C@@H]1[C@@]24OO3. The number of rotatable bonds is 5. The van der Waals surface area contributed by atoms with E-state index in [0.717, 1.165) is 56.3 Å². The molecule has 0 aromatic heterocycles. The molecule has 48 heavy (non-hydrogen) atoms. The summed E-state index contributed by atoms with van der Waals surface area (Å²) in [5, 5.41) is 5.17. The Morgan fingerprint density at radius 3 is 1.85 bits per heavy atom. The van der Waals surface area contributed by atoms with Gasteiger partial charge in [0.05, 0.1) is 17.5 Å². The lowest BCUT2D eigenvalue weighted by Gasteiger charge is -2.61. The van der Waals surface area contributed by atoms with Crippen molar-refractivity contribution in [3.05, 3.63) is 30.3 Å². The Kier molecular flexibility index (Phi) is 7.69. The molecule has 264 valence electrons. The van der Waals surface area contributed by atoms with Gasteiger partial charge >= 0.3 is 0 Å². The smallest absolute Gasteiger partial charge is 0.201 e. The van der Waals surface area contributed by atoms with Crippen LogP contribution in [0.1, 0.15) is 99.3 Å². The zero-order chi connectivity index (χ0) is 33.1. The summed E-state index contributed by atoms with van der Waals surface area (Å²) in [4.78, 5) is 25.1. The van der Waals surface area contributed by atoms with E-state index in [4.69, 9.17) is 43.6 Å². The van der Waals surface area contributed by atoms with Crippen LogP contribution in [0.5, 0.6) is 0 Å². The molecule has 10 fully saturated rings. The molecule has 10 aliphatic rings. The largest absolute Gasteiger partial charge is 0.345 e. The fourth-order valence-electron chi connectivity index (χ4n) is 11.6. The van der Waals surface area contributed by atoms with Crippen LogP contribution in [0.2, 0.25) is 0 Å². The lowest BCUT2D eigenvalue weighted by molar-refractivity contribution is -0.571. The molecule has 8 aliphatic heterocycles. The van der Waals surface area contributed by atoms with E-state index < -0.39 is 35.4 Å². The predicted molar refractivity (Wildman–Crippen MR) is 176 cm³/mol. The van der Waals surface area contributed by atoms with Crippen LogP contribution in [0.3, 0.4) is 0 Å². The van der Waals surface area contributed by atoms with Gasteiger partial charge in [-0.2, -0.15) is 5.10 Å². The maximum absolute atomic E-state index is 7.14. The van der Waals surface area contributed by atoms with Crippen molar-refractivity contribution in [3.8, 4) is 0 Å². The van der Waals surface area contributed by atoms with E-state index in [1.807, 2.05) is 44.2 Å². The van der Waals surface area contributed by atoms with Crippen LogP contribution in [-0.2, 0) is 38.5 Å². The molecule has 2 saturated carbocycles. The van der Waals surface area contributed by atoms with Gasteiger partial charge in [-0.3, -0.25) is 5.43 Å². The molecule has 10 nitrogen and oxygen atoms in total. The molecule has 2 aliphatic carbocycles. The summed E-state index contributed by atoms with van der Waals surface area (Å²) in [6, 6.07) is 10.1. The molecule has 1 aromatic carbocycles. The zero-order valence-corrected chi connectivity index (χ0v) is 29.4. The van der Waals surface area contributed by atoms with Gasteiger partial charge in [-0.05, 0) is 100 Å². The van der Waals surface area contributed by atoms with Crippen LogP contribution >= 0.6 is 0 Å². The van der Waals surface area contributed by atoms with Gasteiger partial charge < -0.3 is 18.9 Å². The number of nitrogens with one attached hydrogen (secondary N) is 1. The average molecular weight is 667 g/mol. The molecule has 2 spiro atoms. The molecule has 8 heterocycles. The Labute approximate surface area is 284 Å². The van der Waals surface area contributed by atoms with Crippen molar-refractivity contribution in [2.75, 3.05) is 5.43 Å².